The van der Waals surface area contributed by atoms with E-state index in [1.165, 1.54) is 30.3 Å². The van der Waals surface area contributed by atoms with Crippen LogP contribution in [-0.2, 0) is 0 Å². The number of hydrogen-bond acceptors (Lipinski definition) is 2. The smallest absolute Gasteiger partial charge is 0.196 e. The van der Waals surface area contributed by atoms with Gasteiger partial charge < -0.3 is 5.73 Å². The van der Waals surface area contributed by atoms with E-state index >= 15 is 0 Å². The van der Waals surface area contributed by atoms with E-state index in [-0.39, 0.29) is 11.1 Å². The summed E-state index contributed by atoms with van der Waals surface area (Å²) in [6.07, 6.45) is 0. The topological polar surface area (TPSA) is 43.1 Å². The van der Waals surface area contributed by atoms with Gasteiger partial charge in [-0.25, -0.2) is 8.78 Å². The first-order chi connectivity index (χ1) is 8.90. The largest absolute Gasteiger partial charge is 0.399 e. The highest BCUT2D eigenvalue weighted by molar-refractivity contribution is 6.09. The number of anilines is 1. The van der Waals surface area contributed by atoms with Crippen LogP contribution in [0.3, 0.4) is 0 Å². The Bertz CT molecular complexity index is 665. The zero-order valence-corrected chi connectivity index (χ0v) is 10.6. The Labute approximate surface area is 109 Å². The van der Waals surface area contributed by atoms with Crippen LogP contribution in [0.15, 0.2) is 30.3 Å². The van der Waals surface area contributed by atoms with Crippen molar-refractivity contribution in [1.82, 2.24) is 0 Å². The highest BCUT2D eigenvalue weighted by Crippen LogP contribution is 2.21. The van der Waals surface area contributed by atoms with Gasteiger partial charge in [0, 0.05) is 11.3 Å². The molecule has 2 N–H and O–H groups in total. The van der Waals surface area contributed by atoms with Crippen LogP contribution in [0.2, 0.25) is 0 Å². The van der Waals surface area contributed by atoms with E-state index in [1.807, 2.05) is 0 Å². The minimum atomic E-state index is -0.596. The lowest BCUT2D eigenvalue weighted by Crippen LogP contribution is -2.07. The van der Waals surface area contributed by atoms with E-state index in [1.54, 1.807) is 13.8 Å². The summed E-state index contributed by atoms with van der Waals surface area (Å²) in [7, 11) is 0. The number of halogens is 2. The average Bonchev–Trinajstić information content (AvgIpc) is 2.36. The van der Waals surface area contributed by atoms with Gasteiger partial charge in [0.25, 0.3) is 0 Å². The third-order valence-corrected chi connectivity index (χ3v) is 2.94. The van der Waals surface area contributed by atoms with E-state index in [0.29, 0.717) is 16.8 Å². The van der Waals surface area contributed by atoms with Gasteiger partial charge in [0.15, 0.2) is 5.78 Å². The number of hydrogen-bond donors (Lipinski definition) is 1. The van der Waals surface area contributed by atoms with Crippen LogP contribution in [0.25, 0.3) is 0 Å². The van der Waals surface area contributed by atoms with Gasteiger partial charge in [-0.2, -0.15) is 0 Å². The molecule has 2 aromatic rings. The molecule has 0 spiro atoms. The molecule has 0 heterocycles. The van der Waals surface area contributed by atoms with E-state index in [9.17, 15) is 13.6 Å². The summed E-state index contributed by atoms with van der Waals surface area (Å²) in [5.74, 6) is -1.50. The van der Waals surface area contributed by atoms with Crippen molar-refractivity contribution in [1.29, 1.82) is 0 Å². The summed E-state index contributed by atoms with van der Waals surface area (Å²) in [6, 6.07) is 6.68. The number of aryl methyl sites for hydroxylation is 2. The van der Waals surface area contributed by atoms with Crippen molar-refractivity contribution in [2.24, 2.45) is 0 Å². The summed E-state index contributed by atoms with van der Waals surface area (Å²) >= 11 is 0. The molecule has 2 rings (SSSR count). The quantitative estimate of drug-likeness (QED) is 0.665. The molecular weight excluding hydrogens is 248 g/mol. The van der Waals surface area contributed by atoms with Gasteiger partial charge in [0.1, 0.15) is 11.6 Å². The van der Waals surface area contributed by atoms with Gasteiger partial charge in [-0.3, -0.25) is 4.79 Å². The second-order valence-corrected chi connectivity index (χ2v) is 4.49. The first-order valence-electron chi connectivity index (χ1n) is 5.76. The second-order valence-electron chi connectivity index (χ2n) is 4.49. The van der Waals surface area contributed by atoms with Crippen molar-refractivity contribution >= 4 is 11.5 Å². The van der Waals surface area contributed by atoms with Crippen LogP contribution in [-0.4, -0.2) is 5.78 Å². The highest BCUT2D eigenvalue weighted by atomic mass is 19.1. The maximum atomic E-state index is 13.9. The number of carbonyl (C=O) groups is 1. The summed E-state index contributed by atoms with van der Waals surface area (Å²) < 4.78 is 27.1. The fourth-order valence-electron chi connectivity index (χ4n) is 1.90. The molecule has 0 aliphatic carbocycles. The van der Waals surface area contributed by atoms with Crippen molar-refractivity contribution in [3.05, 3.63) is 64.2 Å². The molecule has 0 saturated carbocycles. The van der Waals surface area contributed by atoms with Crippen LogP contribution in [0, 0.1) is 25.5 Å². The van der Waals surface area contributed by atoms with Crippen LogP contribution in [0.5, 0.6) is 0 Å². The zero-order valence-electron chi connectivity index (χ0n) is 10.6. The predicted molar refractivity (Wildman–Crippen MR) is 70.1 cm³/mol. The Morgan fingerprint density at radius 1 is 1.05 bits per heavy atom. The van der Waals surface area contributed by atoms with E-state index in [0.717, 1.165) is 0 Å². The maximum Gasteiger partial charge on any atom is 0.196 e. The van der Waals surface area contributed by atoms with Gasteiger partial charge in [0.05, 0.1) is 5.56 Å². The molecule has 0 unspecified atom stereocenters. The van der Waals surface area contributed by atoms with Crippen LogP contribution in [0.1, 0.15) is 27.0 Å². The number of nitrogen functional groups attached to an aromatic ring is 1. The molecule has 2 nitrogen and oxygen atoms in total. The lowest BCUT2D eigenvalue weighted by molar-refractivity contribution is 0.103. The molecule has 0 aliphatic rings. The lowest BCUT2D eigenvalue weighted by Gasteiger charge is -2.07. The Hall–Kier alpha value is -2.23. The number of benzene rings is 2. The molecule has 0 amide bonds. The Morgan fingerprint density at radius 3 is 2.37 bits per heavy atom. The zero-order chi connectivity index (χ0) is 14.2. The Kier molecular flexibility index (Phi) is 3.34. The minimum absolute atomic E-state index is 0.0940. The summed E-state index contributed by atoms with van der Waals surface area (Å²) in [4.78, 5) is 12.2. The van der Waals surface area contributed by atoms with Crippen molar-refractivity contribution in [2.75, 3.05) is 5.73 Å². The van der Waals surface area contributed by atoms with Crippen molar-refractivity contribution in [3.63, 3.8) is 0 Å². The highest BCUT2D eigenvalue weighted by Gasteiger charge is 2.17. The van der Waals surface area contributed by atoms with Crippen LogP contribution < -0.4 is 5.73 Å². The first-order valence-corrected chi connectivity index (χ1v) is 5.76. The first kappa shape index (κ1) is 13.2. The Morgan fingerprint density at radius 2 is 1.74 bits per heavy atom. The van der Waals surface area contributed by atoms with Gasteiger partial charge in [-0.15, -0.1) is 0 Å². The molecule has 0 aliphatic heterocycles. The molecule has 4 heteroatoms. The molecule has 0 atom stereocenters. The minimum Gasteiger partial charge on any atom is -0.399 e. The molecule has 19 heavy (non-hydrogen) atoms. The molecule has 2 aromatic carbocycles. The van der Waals surface area contributed by atoms with Crippen molar-refractivity contribution in [3.8, 4) is 0 Å². The molecule has 0 saturated heterocycles. The number of ketones is 1. The molecule has 98 valence electrons. The second kappa shape index (κ2) is 4.80. The van der Waals surface area contributed by atoms with Gasteiger partial charge >= 0.3 is 0 Å². The monoisotopic (exact) mass is 261 g/mol. The van der Waals surface area contributed by atoms with E-state index < -0.39 is 17.4 Å². The Balaban J connectivity index is 2.53. The van der Waals surface area contributed by atoms with Gasteiger partial charge in [0.2, 0.25) is 0 Å². The maximum absolute atomic E-state index is 13.9. The molecule has 0 bridgehead atoms. The predicted octanol–water partition coefficient (Wildman–Crippen LogP) is 3.39. The molecule has 0 aromatic heterocycles. The third-order valence-electron chi connectivity index (χ3n) is 2.94. The lowest BCUT2D eigenvalue weighted by atomic mass is 9.99. The molecule has 0 fully saturated rings. The molecular formula is C15H13F2NO. The summed E-state index contributed by atoms with van der Waals surface area (Å²) in [5.41, 5.74) is 6.73. The fourth-order valence-corrected chi connectivity index (χ4v) is 1.90. The van der Waals surface area contributed by atoms with E-state index in [2.05, 4.69) is 0 Å². The standard InChI is InChI=1S/C15H13F2NO/c1-8-5-10(3-4-13(8)16)15(19)12-7-11(18)6-9(2)14(12)17/h3-7H,18H2,1-2H3. The van der Waals surface area contributed by atoms with Crippen LogP contribution >= 0.6 is 0 Å². The number of nitrogens with two attached hydrogens (primary N) is 1. The number of carbonyl (C=O) groups excluding carboxylic acids is 1. The van der Waals surface area contributed by atoms with E-state index in [4.69, 9.17) is 5.73 Å². The number of rotatable bonds is 2. The average molecular weight is 261 g/mol. The summed E-state index contributed by atoms with van der Waals surface area (Å²) in [5, 5.41) is 0. The normalized spacial score (nSPS) is 10.5. The SMILES string of the molecule is Cc1cc(C(=O)c2cc(N)cc(C)c2F)ccc1F. The van der Waals surface area contributed by atoms with Crippen LogP contribution in [0.4, 0.5) is 14.5 Å². The molecule has 0 radical (unpaired) electrons. The van der Waals surface area contributed by atoms with Gasteiger partial charge in [-0.1, -0.05) is 0 Å². The third kappa shape index (κ3) is 2.47. The van der Waals surface area contributed by atoms with Crippen molar-refractivity contribution in [2.45, 2.75) is 13.8 Å². The van der Waals surface area contributed by atoms with Crippen molar-refractivity contribution < 1.29 is 13.6 Å². The van der Waals surface area contributed by atoms with Gasteiger partial charge in [-0.05, 0) is 55.3 Å². The summed E-state index contributed by atoms with van der Waals surface area (Å²) in [6.45, 7) is 3.09. The fraction of sp³-hybridized carbons (Fsp3) is 0.133.